The highest BCUT2D eigenvalue weighted by atomic mass is 79.9. The van der Waals surface area contributed by atoms with Gasteiger partial charge in [-0.2, -0.15) is 0 Å². The second-order valence-corrected chi connectivity index (χ2v) is 6.95. The molecule has 6 nitrogen and oxygen atoms in total. The van der Waals surface area contributed by atoms with Crippen molar-refractivity contribution in [2.24, 2.45) is 0 Å². The number of aromatic nitrogens is 2. The maximum Gasteiger partial charge on any atom is 0.404 e. The molecule has 1 aromatic carbocycles. The average molecular weight is 368 g/mol. The number of amides is 1. The van der Waals surface area contributed by atoms with E-state index in [4.69, 9.17) is 5.11 Å². The third-order valence-corrected chi connectivity index (χ3v) is 3.72. The highest BCUT2D eigenvalue weighted by molar-refractivity contribution is 9.10. The molecule has 0 atom stereocenters. The second-order valence-electron chi connectivity index (χ2n) is 6.03. The number of rotatable bonds is 3. The van der Waals surface area contributed by atoms with E-state index in [1.54, 1.807) is 4.57 Å². The lowest BCUT2D eigenvalue weighted by molar-refractivity contribution is 0.194. The monoisotopic (exact) mass is 367 g/mol. The Balaban J connectivity index is 2.62. The molecule has 7 heteroatoms. The molecule has 0 fully saturated rings. The van der Waals surface area contributed by atoms with Gasteiger partial charge in [-0.1, -0.05) is 36.7 Å². The van der Waals surface area contributed by atoms with E-state index in [-0.39, 0.29) is 24.1 Å². The minimum absolute atomic E-state index is 0.157. The molecule has 1 aromatic heterocycles. The van der Waals surface area contributed by atoms with Crippen LogP contribution in [0.25, 0.3) is 11.0 Å². The Morgan fingerprint density at radius 3 is 2.68 bits per heavy atom. The lowest BCUT2D eigenvalue weighted by atomic mass is 9.92. The summed E-state index contributed by atoms with van der Waals surface area (Å²) >= 11 is 3.39. The fourth-order valence-electron chi connectivity index (χ4n) is 2.20. The van der Waals surface area contributed by atoms with Crippen LogP contribution in [-0.4, -0.2) is 27.3 Å². The molecule has 0 bridgehead atoms. The standard InChI is InChI=1S/C15H18BrN3O3/c1-15(2,3)12-13(20)19(7-6-17-14(21)22)11-8-9(16)4-5-10(11)18-12/h4-5,8,17H,6-7H2,1-3H3,(H,21,22). The predicted molar refractivity (Wildman–Crippen MR) is 88.4 cm³/mol. The van der Waals surface area contributed by atoms with Gasteiger partial charge in [0.2, 0.25) is 0 Å². The van der Waals surface area contributed by atoms with E-state index in [9.17, 15) is 9.59 Å². The topological polar surface area (TPSA) is 84.2 Å². The van der Waals surface area contributed by atoms with Crippen molar-refractivity contribution in [3.05, 3.63) is 38.7 Å². The van der Waals surface area contributed by atoms with Crippen LogP contribution in [-0.2, 0) is 12.0 Å². The maximum absolute atomic E-state index is 12.7. The van der Waals surface area contributed by atoms with Crippen LogP contribution in [0.1, 0.15) is 26.5 Å². The zero-order valence-corrected chi connectivity index (χ0v) is 14.3. The first-order chi connectivity index (χ1) is 10.2. The second kappa shape index (κ2) is 6.08. The summed E-state index contributed by atoms with van der Waals surface area (Å²) in [6.07, 6.45) is -1.11. The molecular weight excluding hydrogens is 350 g/mol. The molecule has 0 spiro atoms. The Labute approximate surface area is 136 Å². The van der Waals surface area contributed by atoms with Crippen LogP contribution >= 0.6 is 15.9 Å². The number of carbonyl (C=O) groups is 1. The van der Waals surface area contributed by atoms with Gasteiger partial charge in [0.15, 0.2) is 0 Å². The Morgan fingerprint density at radius 1 is 1.41 bits per heavy atom. The number of hydrogen-bond donors (Lipinski definition) is 2. The number of benzene rings is 1. The highest BCUT2D eigenvalue weighted by Gasteiger charge is 2.22. The smallest absolute Gasteiger partial charge is 0.404 e. The molecule has 0 saturated heterocycles. The van der Waals surface area contributed by atoms with Gasteiger partial charge in [-0.05, 0) is 18.2 Å². The van der Waals surface area contributed by atoms with Crippen LogP contribution in [0.5, 0.6) is 0 Å². The Morgan fingerprint density at radius 2 is 2.09 bits per heavy atom. The summed E-state index contributed by atoms with van der Waals surface area (Å²) in [5, 5.41) is 11.0. The molecule has 2 aromatic rings. The summed E-state index contributed by atoms with van der Waals surface area (Å²) in [4.78, 5) is 27.8. The van der Waals surface area contributed by atoms with Gasteiger partial charge in [0.1, 0.15) is 5.69 Å². The molecular formula is C15H18BrN3O3. The first kappa shape index (κ1) is 16.5. The van der Waals surface area contributed by atoms with E-state index in [1.807, 2.05) is 39.0 Å². The van der Waals surface area contributed by atoms with Crippen molar-refractivity contribution < 1.29 is 9.90 Å². The number of nitrogens with zero attached hydrogens (tertiary/aromatic N) is 2. The average Bonchev–Trinajstić information content (AvgIpc) is 2.39. The van der Waals surface area contributed by atoms with Crippen LogP contribution in [0.2, 0.25) is 0 Å². The largest absolute Gasteiger partial charge is 0.465 e. The van der Waals surface area contributed by atoms with Gasteiger partial charge < -0.3 is 15.0 Å². The normalized spacial score (nSPS) is 11.6. The van der Waals surface area contributed by atoms with E-state index in [0.717, 1.165) is 4.47 Å². The summed E-state index contributed by atoms with van der Waals surface area (Å²) in [7, 11) is 0. The van der Waals surface area contributed by atoms with E-state index in [0.29, 0.717) is 16.7 Å². The Kier molecular flexibility index (Phi) is 4.55. The molecule has 0 unspecified atom stereocenters. The third kappa shape index (κ3) is 3.47. The summed E-state index contributed by atoms with van der Waals surface area (Å²) in [6.45, 7) is 6.21. The molecule has 0 aliphatic rings. The molecule has 2 rings (SSSR count). The quantitative estimate of drug-likeness (QED) is 0.873. The van der Waals surface area contributed by atoms with Gasteiger partial charge >= 0.3 is 6.09 Å². The van der Waals surface area contributed by atoms with Crippen LogP contribution in [0.3, 0.4) is 0 Å². The molecule has 118 valence electrons. The van der Waals surface area contributed by atoms with Crippen LogP contribution in [0.4, 0.5) is 4.79 Å². The first-order valence-electron chi connectivity index (χ1n) is 6.87. The Hall–Kier alpha value is -1.89. The summed E-state index contributed by atoms with van der Waals surface area (Å²) < 4.78 is 2.41. The summed E-state index contributed by atoms with van der Waals surface area (Å²) in [5.41, 5.74) is 1.28. The zero-order chi connectivity index (χ0) is 16.5. The molecule has 0 aliphatic heterocycles. The number of hydrogen-bond acceptors (Lipinski definition) is 3. The van der Waals surface area contributed by atoms with Crippen molar-refractivity contribution in [1.82, 2.24) is 14.9 Å². The zero-order valence-electron chi connectivity index (χ0n) is 12.7. The molecule has 2 N–H and O–H groups in total. The van der Waals surface area contributed by atoms with Crippen molar-refractivity contribution >= 4 is 33.1 Å². The minimum atomic E-state index is -1.11. The fourth-order valence-corrected chi connectivity index (χ4v) is 2.55. The van der Waals surface area contributed by atoms with E-state index < -0.39 is 6.09 Å². The maximum atomic E-state index is 12.7. The molecule has 0 radical (unpaired) electrons. The van der Waals surface area contributed by atoms with Gasteiger partial charge in [0, 0.05) is 23.0 Å². The van der Waals surface area contributed by atoms with Crippen molar-refractivity contribution in [3.63, 3.8) is 0 Å². The van der Waals surface area contributed by atoms with Gasteiger partial charge in [-0.15, -0.1) is 0 Å². The lowest BCUT2D eigenvalue weighted by Crippen LogP contribution is -2.35. The third-order valence-electron chi connectivity index (χ3n) is 3.23. The molecule has 0 aliphatic carbocycles. The van der Waals surface area contributed by atoms with Crippen molar-refractivity contribution in [1.29, 1.82) is 0 Å². The van der Waals surface area contributed by atoms with Gasteiger partial charge in [0.05, 0.1) is 11.0 Å². The van der Waals surface area contributed by atoms with Crippen LogP contribution in [0.15, 0.2) is 27.5 Å². The van der Waals surface area contributed by atoms with Crippen molar-refractivity contribution in [3.8, 4) is 0 Å². The van der Waals surface area contributed by atoms with Gasteiger partial charge in [-0.3, -0.25) is 4.79 Å². The molecule has 1 heterocycles. The Bertz CT molecular complexity index is 778. The molecule has 22 heavy (non-hydrogen) atoms. The molecule has 0 saturated carbocycles. The fraction of sp³-hybridized carbons (Fsp3) is 0.400. The SMILES string of the molecule is CC(C)(C)c1nc2ccc(Br)cc2n(CCNC(=O)O)c1=O. The van der Waals surface area contributed by atoms with Gasteiger partial charge in [-0.25, -0.2) is 9.78 Å². The number of nitrogens with one attached hydrogen (secondary N) is 1. The van der Waals surface area contributed by atoms with Crippen LogP contribution < -0.4 is 10.9 Å². The van der Waals surface area contributed by atoms with E-state index in [1.165, 1.54) is 0 Å². The van der Waals surface area contributed by atoms with Gasteiger partial charge in [0.25, 0.3) is 5.56 Å². The number of fused-ring (bicyclic) bond motifs is 1. The minimum Gasteiger partial charge on any atom is -0.465 e. The number of halogens is 1. The van der Waals surface area contributed by atoms with E-state index >= 15 is 0 Å². The first-order valence-corrected chi connectivity index (χ1v) is 7.67. The number of carboxylic acid groups (broad SMARTS) is 1. The van der Waals surface area contributed by atoms with Crippen molar-refractivity contribution in [2.75, 3.05) is 6.54 Å². The molecule has 1 amide bonds. The highest BCUT2D eigenvalue weighted by Crippen LogP contribution is 2.22. The van der Waals surface area contributed by atoms with Crippen LogP contribution in [0, 0.1) is 0 Å². The summed E-state index contributed by atoms with van der Waals surface area (Å²) in [5.74, 6) is 0. The lowest BCUT2D eigenvalue weighted by Gasteiger charge is -2.20. The summed E-state index contributed by atoms with van der Waals surface area (Å²) in [6, 6.07) is 5.53. The van der Waals surface area contributed by atoms with Crippen molar-refractivity contribution in [2.45, 2.75) is 32.7 Å². The van der Waals surface area contributed by atoms with E-state index in [2.05, 4.69) is 26.2 Å². The predicted octanol–water partition coefficient (Wildman–Crippen LogP) is 2.72.